The molecule has 0 aliphatic carbocycles. The van der Waals surface area contributed by atoms with Gasteiger partial charge in [0.05, 0.1) is 5.52 Å². The van der Waals surface area contributed by atoms with Crippen molar-refractivity contribution in [2.45, 2.75) is 26.7 Å². The van der Waals surface area contributed by atoms with Gasteiger partial charge in [-0.3, -0.25) is 4.79 Å². The smallest absolute Gasteiger partial charge is 0.226 e. The molecule has 0 radical (unpaired) electrons. The molecule has 1 amide bonds. The fraction of sp³-hybridized carbons (Fsp3) is 0.320. The number of nitrogens with zero attached hydrogens (tertiary/aromatic N) is 4. The topological polar surface area (TPSA) is 61.4 Å². The zero-order valence-electron chi connectivity index (χ0n) is 18.4. The average Bonchev–Trinajstić information content (AvgIpc) is 2.81. The molecule has 0 atom stereocenters. The highest BCUT2D eigenvalue weighted by Crippen LogP contribution is 2.27. The molecule has 2 aromatic carbocycles. The number of fused-ring (bicyclic) bond motifs is 1. The second-order valence-corrected chi connectivity index (χ2v) is 7.36. The molecule has 0 saturated heterocycles. The van der Waals surface area contributed by atoms with Crippen molar-refractivity contribution in [2.75, 3.05) is 36.9 Å². The Hall–Kier alpha value is -3.43. The molecule has 3 aromatic rings. The summed E-state index contributed by atoms with van der Waals surface area (Å²) < 4.78 is 0. The second-order valence-electron chi connectivity index (χ2n) is 7.36. The monoisotopic (exact) mass is 415 g/mol. The highest BCUT2D eigenvalue weighted by atomic mass is 16.2. The van der Waals surface area contributed by atoms with Crippen LogP contribution in [0.2, 0.25) is 0 Å². The molecule has 0 fully saturated rings. The Morgan fingerprint density at radius 3 is 2.68 bits per heavy atom. The van der Waals surface area contributed by atoms with Crippen molar-refractivity contribution >= 4 is 34.0 Å². The normalized spacial score (nSPS) is 10.8. The van der Waals surface area contributed by atoms with Gasteiger partial charge in [-0.2, -0.15) is 0 Å². The maximum absolute atomic E-state index is 12.7. The van der Waals surface area contributed by atoms with Crippen LogP contribution in [0.5, 0.6) is 0 Å². The van der Waals surface area contributed by atoms with Crippen LogP contribution in [0.1, 0.15) is 32.3 Å². The van der Waals surface area contributed by atoms with Crippen molar-refractivity contribution in [1.29, 1.82) is 0 Å². The Labute approximate surface area is 184 Å². The van der Waals surface area contributed by atoms with Crippen LogP contribution in [-0.2, 0) is 4.79 Å². The minimum Gasteiger partial charge on any atom is -0.340 e. The molecule has 1 aromatic heterocycles. The fourth-order valence-corrected chi connectivity index (χ4v) is 3.48. The van der Waals surface area contributed by atoms with Gasteiger partial charge in [-0.15, -0.1) is 6.42 Å². The van der Waals surface area contributed by atoms with E-state index in [1.165, 1.54) is 6.33 Å². The van der Waals surface area contributed by atoms with Crippen molar-refractivity contribution in [3.63, 3.8) is 0 Å². The Morgan fingerprint density at radius 2 is 1.94 bits per heavy atom. The summed E-state index contributed by atoms with van der Waals surface area (Å²) in [4.78, 5) is 25.5. The number of rotatable bonds is 9. The molecule has 0 bridgehead atoms. The second kappa shape index (κ2) is 10.6. The summed E-state index contributed by atoms with van der Waals surface area (Å²) in [5, 5.41) is 4.16. The highest BCUT2D eigenvalue weighted by molar-refractivity contribution is 5.98. The van der Waals surface area contributed by atoms with Gasteiger partial charge < -0.3 is 15.1 Å². The average molecular weight is 416 g/mol. The summed E-state index contributed by atoms with van der Waals surface area (Å²) in [5.41, 5.74) is 3.26. The van der Waals surface area contributed by atoms with Gasteiger partial charge in [-0.25, -0.2) is 9.97 Å². The van der Waals surface area contributed by atoms with E-state index in [0.29, 0.717) is 12.2 Å². The quantitative estimate of drug-likeness (QED) is 0.524. The predicted molar refractivity (Wildman–Crippen MR) is 128 cm³/mol. The Kier molecular flexibility index (Phi) is 7.58. The Bertz CT molecular complexity index is 1080. The first kappa shape index (κ1) is 22.3. The number of hydrogen-bond acceptors (Lipinski definition) is 5. The van der Waals surface area contributed by atoms with Crippen LogP contribution >= 0.6 is 0 Å². The summed E-state index contributed by atoms with van der Waals surface area (Å²) >= 11 is 0. The summed E-state index contributed by atoms with van der Waals surface area (Å²) in [5.74, 6) is 3.40. The summed E-state index contributed by atoms with van der Waals surface area (Å²) in [6, 6.07) is 13.4. The molecular weight excluding hydrogens is 386 g/mol. The zero-order valence-corrected chi connectivity index (χ0v) is 18.4. The van der Waals surface area contributed by atoms with E-state index >= 15 is 0 Å². The van der Waals surface area contributed by atoms with Gasteiger partial charge in [-0.1, -0.05) is 25.8 Å². The first-order valence-corrected chi connectivity index (χ1v) is 10.6. The molecule has 1 heterocycles. The van der Waals surface area contributed by atoms with Crippen LogP contribution in [-0.4, -0.2) is 47.5 Å². The van der Waals surface area contributed by atoms with Crippen LogP contribution < -0.4 is 10.2 Å². The molecule has 6 nitrogen and oxygen atoms in total. The molecule has 0 aliphatic rings. The third kappa shape index (κ3) is 5.59. The third-order valence-corrected chi connectivity index (χ3v) is 5.43. The van der Waals surface area contributed by atoms with Gasteiger partial charge >= 0.3 is 0 Å². The standard InChI is InChI=1S/C25H29N5O/c1-5-19-10-8-11-20(16-19)28-25-22-17-21(13-14-23(22)26-18-27-25)29(4)24(31)12-9-15-30(6-2)7-3/h1,8,10-11,13-14,16-18H,6-7,9,12,15H2,2-4H3,(H,26,27,28). The number of carbonyl (C=O) groups excluding carboxylic acids is 1. The van der Waals surface area contributed by atoms with Crippen molar-refractivity contribution < 1.29 is 4.79 Å². The molecular formula is C25H29N5O. The highest BCUT2D eigenvalue weighted by Gasteiger charge is 2.14. The Morgan fingerprint density at radius 1 is 1.13 bits per heavy atom. The van der Waals surface area contributed by atoms with Crippen LogP contribution in [0.25, 0.3) is 10.9 Å². The van der Waals surface area contributed by atoms with E-state index in [1.54, 1.807) is 4.90 Å². The van der Waals surface area contributed by atoms with Gasteiger partial charge in [-0.05, 0) is 62.5 Å². The number of hydrogen-bond donors (Lipinski definition) is 1. The van der Waals surface area contributed by atoms with Crippen LogP contribution in [0.3, 0.4) is 0 Å². The van der Waals surface area contributed by atoms with Gasteiger partial charge in [0.15, 0.2) is 0 Å². The molecule has 6 heteroatoms. The molecule has 0 spiro atoms. The lowest BCUT2D eigenvalue weighted by Crippen LogP contribution is -2.28. The van der Waals surface area contributed by atoms with E-state index in [4.69, 9.17) is 6.42 Å². The summed E-state index contributed by atoms with van der Waals surface area (Å²) in [6.45, 7) is 7.23. The number of terminal acetylenes is 1. The van der Waals surface area contributed by atoms with Crippen LogP contribution in [0, 0.1) is 12.3 Å². The molecule has 160 valence electrons. The summed E-state index contributed by atoms with van der Waals surface area (Å²) in [6.07, 6.45) is 8.39. The first-order valence-electron chi connectivity index (χ1n) is 10.6. The predicted octanol–water partition coefficient (Wildman–Crippen LogP) is 4.44. The van der Waals surface area contributed by atoms with E-state index in [1.807, 2.05) is 49.5 Å². The van der Waals surface area contributed by atoms with Gasteiger partial charge in [0.1, 0.15) is 12.1 Å². The number of anilines is 3. The van der Waals surface area contributed by atoms with Gasteiger partial charge in [0, 0.05) is 35.8 Å². The third-order valence-electron chi connectivity index (χ3n) is 5.43. The minimum absolute atomic E-state index is 0.0968. The van der Waals surface area contributed by atoms with Crippen LogP contribution in [0.4, 0.5) is 17.2 Å². The van der Waals surface area contributed by atoms with E-state index < -0.39 is 0 Å². The van der Waals surface area contributed by atoms with Crippen molar-refractivity contribution in [2.24, 2.45) is 0 Å². The molecule has 0 saturated carbocycles. The van der Waals surface area contributed by atoms with Crippen molar-refractivity contribution in [1.82, 2.24) is 14.9 Å². The van der Waals surface area contributed by atoms with Crippen LogP contribution in [0.15, 0.2) is 48.8 Å². The molecule has 0 aliphatic heterocycles. The lowest BCUT2D eigenvalue weighted by Gasteiger charge is -2.20. The van der Waals surface area contributed by atoms with Crippen molar-refractivity contribution in [3.05, 3.63) is 54.4 Å². The molecule has 3 rings (SSSR count). The molecule has 1 N–H and O–H groups in total. The lowest BCUT2D eigenvalue weighted by atomic mass is 10.1. The van der Waals surface area contributed by atoms with E-state index in [0.717, 1.165) is 53.9 Å². The minimum atomic E-state index is 0.0968. The number of amides is 1. The largest absolute Gasteiger partial charge is 0.340 e. The number of nitrogens with one attached hydrogen (secondary N) is 1. The maximum Gasteiger partial charge on any atom is 0.226 e. The zero-order chi connectivity index (χ0) is 22.2. The van der Waals surface area contributed by atoms with Gasteiger partial charge in [0.25, 0.3) is 0 Å². The van der Waals surface area contributed by atoms with E-state index in [9.17, 15) is 4.79 Å². The van der Waals surface area contributed by atoms with Crippen molar-refractivity contribution in [3.8, 4) is 12.3 Å². The first-order chi connectivity index (χ1) is 15.0. The van der Waals surface area contributed by atoms with E-state index in [-0.39, 0.29) is 5.91 Å². The number of benzene rings is 2. The fourth-order valence-electron chi connectivity index (χ4n) is 3.48. The van der Waals surface area contributed by atoms with E-state index in [2.05, 4.69) is 40.0 Å². The number of aromatic nitrogens is 2. The molecule has 0 unspecified atom stereocenters. The lowest BCUT2D eigenvalue weighted by molar-refractivity contribution is -0.118. The Balaban J connectivity index is 1.78. The number of carbonyl (C=O) groups is 1. The summed E-state index contributed by atoms with van der Waals surface area (Å²) in [7, 11) is 1.81. The maximum atomic E-state index is 12.7. The van der Waals surface area contributed by atoms with Gasteiger partial charge in [0.2, 0.25) is 5.91 Å². The SMILES string of the molecule is C#Cc1cccc(Nc2ncnc3ccc(N(C)C(=O)CCCN(CC)CC)cc23)c1. The molecule has 31 heavy (non-hydrogen) atoms.